The molecule has 0 aliphatic heterocycles. The number of amides is 2. The average Bonchev–Trinajstić information content (AvgIpc) is 3.42. The van der Waals surface area contributed by atoms with E-state index in [0.29, 0.717) is 46.9 Å². The summed E-state index contributed by atoms with van der Waals surface area (Å²) in [5.74, 6) is 1.70. The van der Waals surface area contributed by atoms with Gasteiger partial charge in [-0.25, -0.2) is 4.98 Å². The van der Waals surface area contributed by atoms with E-state index in [-0.39, 0.29) is 6.42 Å². The number of nitrogens with zero attached hydrogens (tertiary/aromatic N) is 1. The van der Waals surface area contributed by atoms with Crippen molar-refractivity contribution >= 4 is 23.2 Å². The molecule has 0 bridgehead atoms. The Balaban J connectivity index is 1.55. The van der Waals surface area contributed by atoms with Gasteiger partial charge in [-0.3, -0.25) is 20.4 Å². The molecule has 2 N–H and O–H groups in total. The summed E-state index contributed by atoms with van der Waals surface area (Å²) < 4.78 is 16.7. The molecule has 1 aromatic carbocycles. The standard InChI is InChI=1S/C23H27N3O5S/c1-14(2)9-10-30-18-8-7-16(12-19(18)29-4)22(28)26-25-21(27)13-17-15(3)31-23(24-17)20-6-5-11-32-20/h5-8,11-12,14H,9-10,13H2,1-4H3,(H,25,27)(H,26,28). The lowest BCUT2D eigenvalue weighted by molar-refractivity contribution is -0.121. The number of oxazole rings is 1. The first-order valence-corrected chi connectivity index (χ1v) is 11.2. The number of ether oxygens (including phenoxy) is 2. The van der Waals surface area contributed by atoms with Crippen molar-refractivity contribution in [1.82, 2.24) is 15.8 Å². The summed E-state index contributed by atoms with van der Waals surface area (Å²) in [6, 6.07) is 8.67. The van der Waals surface area contributed by atoms with E-state index in [2.05, 4.69) is 29.7 Å². The fourth-order valence-electron chi connectivity index (χ4n) is 2.83. The molecule has 170 valence electrons. The molecule has 0 aliphatic rings. The van der Waals surface area contributed by atoms with E-state index in [4.69, 9.17) is 13.9 Å². The minimum Gasteiger partial charge on any atom is -0.493 e. The largest absolute Gasteiger partial charge is 0.493 e. The number of hydrogen-bond acceptors (Lipinski definition) is 7. The van der Waals surface area contributed by atoms with Crippen LogP contribution in [0.25, 0.3) is 10.8 Å². The molecule has 0 saturated heterocycles. The zero-order chi connectivity index (χ0) is 23.1. The summed E-state index contributed by atoms with van der Waals surface area (Å²) >= 11 is 1.51. The molecule has 2 heterocycles. The predicted octanol–water partition coefficient (Wildman–Crippen LogP) is 4.15. The van der Waals surface area contributed by atoms with Gasteiger partial charge in [-0.05, 0) is 48.9 Å². The zero-order valence-corrected chi connectivity index (χ0v) is 19.4. The van der Waals surface area contributed by atoms with Crippen LogP contribution in [0.4, 0.5) is 0 Å². The molecule has 3 rings (SSSR count). The second-order valence-corrected chi connectivity index (χ2v) is 8.52. The van der Waals surface area contributed by atoms with Crippen LogP contribution < -0.4 is 20.3 Å². The number of carbonyl (C=O) groups excluding carboxylic acids is 2. The number of thiophene rings is 1. The second-order valence-electron chi connectivity index (χ2n) is 7.57. The highest BCUT2D eigenvalue weighted by atomic mass is 32.1. The fourth-order valence-corrected chi connectivity index (χ4v) is 3.47. The van der Waals surface area contributed by atoms with E-state index in [9.17, 15) is 9.59 Å². The molecule has 9 heteroatoms. The maximum atomic E-state index is 12.5. The van der Waals surface area contributed by atoms with E-state index in [0.717, 1.165) is 11.3 Å². The lowest BCUT2D eigenvalue weighted by Gasteiger charge is -2.13. The highest BCUT2D eigenvalue weighted by molar-refractivity contribution is 7.13. The number of rotatable bonds is 9. The molecule has 0 spiro atoms. The van der Waals surface area contributed by atoms with Crippen LogP contribution in [-0.2, 0) is 11.2 Å². The Labute approximate surface area is 190 Å². The first-order valence-electron chi connectivity index (χ1n) is 10.3. The van der Waals surface area contributed by atoms with Crippen LogP contribution in [0.2, 0.25) is 0 Å². The molecule has 0 saturated carbocycles. The normalized spacial score (nSPS) is 10.8. The van der Waals surface area contributed by atoms with Gasteiger partial charge in [0.1, 0.15) is 5.76 Å². The van der Waals surface area contributed by atoms with Gasteiger partial charge in [0.2, 0.25) is 11.8 Å². The lowest BCUT2D eigenvalue weighted by Crippen LogP contribution is -2.42. The van der Waals surface area contributed by atoms with Crippen molar-refractivity contribution in [2.75, 3.05) is 13.7 Å². The first-order chi connectivity index (χ1) is 15.4. The Morgan fingerprint density at radius 3 is 2.69 bits per heavy atom. The summed E-state index contributed by atoms with van der Waals surface area (Å²) in [7, 11) is 1.51. The van der Waals surface area contributed by atoms with E-state index in [1.165, 1.54) is 18.4 Å². The highest BCUT2D eigenvalue weighted by Gasteiger charge is 2.17. The van der Waals surface area contributed by atoms with E-state index >= 15 is 0 Å². The van der Waals surface area contributed by atoms with Crippen LogP contribution in [0, 0.1) is 12.8 Å². The van der Waals surface area contributed by atoms with Gasteiger partial charge in [0.15, 0.2) is 11.5 Å². The summed E-state index contributed by atoms with van der Waals surface area (Å²) in [6.45, 7) is 6.55. The van der Waals surface area contributed by atoms with Crippen LogP contribution in [0.1, 0.15) is 42.1 Å². The van der Waals surface area contributed by atoms with Crippen molar-refractivity contribution in [1.29, 1.82) is 0 Å². The molecule has 2 amide bonds. The maximum Gasteiger partial charge on any atom is 0.269 e. The lowest BCUT2D eigenvalue weighted by atomic mass is 10.1. The van der Waals surface area contributed by atoms with E-state index in [1.807, 2.05) is 17.5 Å². The molecule has 0 aliphatic carbocycles. The molecule has 3 aromatic rings. The predicted molar refractivity (Wildman–Crippen MR) is 122 cm³/mol. The number of carbonyl (C=O) groups is 2. The first kappa shape index (κ1) is 23.3. The Hall–Kier alpha value is -3.33. The Morgan fingerprint density at radius 2 is 2.00 bits per heavy atom. The molecule has 0 atom stereocenters. The van der Waals surface area contributed by atoms with Crippen LogP contribution in [0.5, 0.6) is 11.5 Å². The molecular formula is C23H27N3O5S. The van der Waals surface area contributed by atoms with Gasteiger partial charge < -0.3 is 13.9 Å². The van der Waals surface area contributed by atoms with Gasteiger partial charge in [0, 0.05) is 5.56 Å². The number of nitrogens with one attached hydrogen (secondary N) is 2. The maximum absolute atomic E-state index is 12.5. The Morgan fingerprint density at radius 1 is 1.19 bits per heavy atom. The van der Waals surface area contributed by atoms with Gasteiger partial charge in [-0.2, -0.15) is 0 Å². The number of hydrogen-bond donors (Lipinski definition) is 2. The zero-order valence-electron chi connectivity index (χ0n) is 18.6. The molecule has 0 radical (unpaired) electrons. The van der Waals surface area contributed by atoms with Crippen molar-refractivity contribution in [3.05, 3.63) is 52.7 Å². The van der Waals surface area contributed by atoms with Gasteiger partial charge in [-0.1, -0.05) is 19.9 Å². The third-order valence-electron chi connectivity index (χ3n) is 4.65. The molecule has 0 fully saturated rings. The Kier molecular flexibility index (Phi) is 7.88. The monoisotopic (exact) mass is 457 g/mol. The van der Waals surface area contributed by atoms with Crippen LogP contribution in [-0.4, -0.2) is 30.5 Å². The van der Waals surface area contributed by atoms with E-state index in [1.54, 1.807) is 25.1 Å². The summed E-state index contributed by atoms with van der Waals surface area (Å²) in [5, 5.41) is 1.93. The molecule has 0 unspecified atom stereocenters. The Bertz CT molecular complexity index is 1060. The summed E-state index contributed by atoms with van der Waals surface area (Å²) in [6.07, 6.45) is 0.893. The van der Waals surface area contributed by atoms with Crippen LogP contribution in [0.15, 0.2) is 40.1 Å². The van der Waals surface area contributed by atoms with E-state index < -0.39 is 11.8 Å². The summed E-state index contributed by atoms with van der Waals surface area (Å²) in [4.78, 5) is 30.0. The average molecular weight is 458 g/mol. The smallest absolute Gasteiger partial charge is 0.269 e. The fraction of sp³-hybridized carbons (Fsp3) is 0.348. The van der Waals surface area contributed by atoms with Crippen molar-refractivity contribution in [3.63, 3.8) is 0 Å². The van der Waals surface area contributed by atoms with Gasteiger partial charge in [0.05, 0.1) is 30.7 Å². The molecule has 32 heavy (non-hydrogen) atoms. The second kappa shape index (κ2) is 10.8. The molecular weight excluding hydrogens is 430 g/mol. The number of aromatic nitrogens is 1. The molecule has 8 nitrogen and oxygen atoms in total. The van der Waals surface area contributed by atoms with Crippen LogP contribution >= 0.6 is 11.3 Å². The number of methoxy groups -OCH3 is 1. The quantitative estimate of drug-likeness (QED) is 0.468. The number of hydrazine groups is 1. The van der Waals surface area contributed by atoms with Crippen molar-refractivity contribution in [2.45, 2.75) is 33.6 Å². The topological polar surface area (TPSA) is 103 Å². The van der Waals surface area contributed by atoms with Crippen molar-refractivity contribution < 1.29 is 23.5 Å². The SMILES string of the molecule is COc1cc(C(=O)NNC(=O)Cc2nc(-c3cccs3)oc2C)ccc1OCCC(C)C. The van der Waals surface area contributed by atoms with Crippen molar-refractivity contribution in [3.8, 4) is 22.3 Å². The third kappa shape index (κ3) is 6.10. The summed E-state index contributed by atoms with van der Waals surface area (Å²) in [5.41, 5.74) is 5.67. The van der Waals surface area contributed by atoms with Crippen molar-refractivity contribution in [2.24, 2.45) is 5.92 Å². The van der Waals surface area contributed by atoms with Gasteiger partial charge >= 0.3 is 0 Å². The van der Waals surface area contributed by atoms with Crippen LogP contribution in [0.3, 0.4) is 0 Å². The minimum atomic E-state index is -0.471. The van der Waals surface area contributed by atoms with Gasteiger partial charge in [-0.15, -0.1) is 11.3 Å². The highest BCUT2D eigenvalue weighted by Crippen LogP contribution is 2.28. The third-order valence-corrected chi connectivity index (χ3v) is 5.50. The van der Waals surface area contributed by atoms with Gasteiger partial charge in [0.25, 0.3) is 5.91 Å². The molecule has 2 aromatic heterocycles. The number of aryl methyl sites for hydroxylation is 1. The minimum absolute atomic E-state index is 0.0209. The number of benzene rings is 1.